The van der Waals surface area contributed by atoms with Gasteiger partial charge >= 0.3 is 0 Å². The second kappa shape index (κ2) is 3.93. The van der Waals surface area contributed by atoms with Crippen molar-refractivity contribution in [2.24, 2.45) is 0 Å². The predicted octanol–water partition coefficient (Wildman–Crippen LogP) is 2.41. The summed E-state index contributed by atoms with van der Waals surface area (Å²) in [5, 5.41) is 0. The standard InChI is InChI=1S/C8H6FN3S2/c9-6-3-5(10)1-2-7(6)13-8-11-4-12-14-8/h1-4H,10H2. The van der Waals surface area contributed by atoms with E-state index in [2.05, 4.69) is 9.36 Å². The van der Waals surface area contributed by atoms with Gasteiger partial charge in [-0.25, -0.2) is 9.37 Å². The molecule has 0 fully saturated rings. The Labute approximate surface area is 88.3 Å². The summed E-state index contributed by atoms with van der Waals surface area (Å²) in [5.41, 5.74) is 5.85. The van der Waals surface area contributed by atoms with Crippen LogP contribution < -0.4 is 5.73 Å². The Kier molecular flexibility index (Phi) is 2.64. The third kappa shape index (κ3) is 2.02. The van der Waals surface area contributed by atoms with Crippen LogP contribution in [0.2, 0.25) is 0 Å². The van der Waals surface area contributed by atoms with Crippen LogP contribution in [0.1, 0.15) is 0 Å². The fourth-order valence-electron chi connectivity index (χ4n) is 0.902. The van der Waals surface area contributed by atoms with Crippen molar-refractivity contribution >= 4 is 29.0 Å². The van der Waals surface area contributed by atoms with Crippen LogP contribution >= 0.6 is 23.3 Å². The fourth-order valence-corrected chi connectivity index (χ4v) is 2.31. The number of aromatic nitrogens is 2. The maximum Gasteiger partial charge on any atom is 0.174 e. The van der Waals surface area contributed by atoms with Gasteiger partial charge in [-0.15, -0.1) is 0 Å². The van der Waals surface area contributed by atoms with Gasteiger partial charge in [-0.2, -0.15) is 4.37 Å². The lowest BCUT2D eigenvalue weighted by Gasteiger charge is -2.00. The van der Waals surface area contributed by atoms with Gasteiger partial charge in [0.15, 0.2) is 4.34 Å². The smallest absolute Gasteiger partial charge is 0.174 e. The summed E-state index contributed by atoms with van der Waals surface area (Å²) < 4.78 is 17.8. The number of hydrogen-bond acceptors (Lipinski definition) is 5. The molecule has 0 spiro atoms. The Bertz CT molecular complexity index is 430. The average Bonchev–Trinajstić information content (AvgIpc) is 2.62. The zero-order valence-electron chi connectivity index (χ0n) is 6.98. The second-order valence-corrected chi connectivity index (χ2v) is 4.57. The molecule has 0 bridgehead atoms. The van der Waals surface area contributed by atoms with Crippen LogP contribution in [0.15, 0.2) is 33.8 Å². The zero-order chi connectivity index (χ0) is 9.97. The van der Waals surface area contributed by atoms with E-state index in [1.165, 1.54) is 35.7 Å². The summed E-state index contributed by atoms with van der Waals surface area (Å²) in [6.45, 7) is 0. The van der Waals surface area contributed by atoms with Crippen LogP contribution in [-0.2, 0) is 0 Å². The molecule has 2 rings (SSSR count). The molecule has 6 heteroatoms. The van der Waals surface area contributed by atoms with Crippen LogP contribution in [0.4, 0.5) is 10.1 Å². The molecule has 0 saturated heterocycles. The minimum Gasteiger partial charge on any atom is -0.399 e. The van der Waals surface area contributed by atoms with E-state index in [0.717, 1.165) is 0 Å². The summed E-state index contributed by atoms with van der Waals surface area (Å²) >= 11 is 2.48. The van der Waals surface area contributed by atoms with Crippen molar-refractivity contribution in [1.29, 1.82) is 0 Å². The summed E-state index contributed by atoms with van der Waals surface area (Å²) in [6.07, 6.45) is 1.45. The second-order valence-electron chi connectivity index (χ2n) is 2.50. The van der Waals surface area contributed by atoms with Crippen molar-refractivity contribution in [2.45, 2.75) is 9.24 Å². The molecule has 1 aromatic heterocycles. The van der Waals surface area contributed by atoms with Crippen molar-refractivity contribution in [2.75, 3.05) is 5.73 Å². The van der Waals surface area contributed by atoms with E-state index >= 15 is 0 Å². The molecule has 0 aliphatic carbocycles. The van der Waals surface area contributed by atoms with E-state index in [0.29, 0.717) is 14.9 Å². The van der Waals surface area contributed by atoms with E-state index < -0.39 is 0 Å². The number of rotatable bonds is 2. The van der Waals surface area contributed by atoms with E-state index in [1.807, 2.05) is 0 Å². The van der Waals surface area contributed by atoms with E-state index in [4.69, 9.17) is 5.73 Å². The Morgan fingerprint density at radius 3 is 2.93 bits per heavy atom. The van der Waals surface area contributed by atoms with E-state index in [1.54, 1.807) is 12.1 Å². The Balaban J connectivity index is 2.25. The van der Waals surface area contributed by atoms with Gasteiger partial charge in [0.1, 0.15) is 12.1 Å². The maximum atomic E-state index is 13.3. The number of benzene rings is 1. The third-order valence-corrected chi connectivity index (χ3v) is 3.26. The number of halogens is 1. The van der Waals surface area contributed by atoms with Gasteiger partial charge in [-0.1, -0.05) is 11.8 Å². The molecular weight excluding hydrogens is 221 g/mol. The Morgan fingerprint density at radius 2 is 2.29 bits per heavy atom. The van der Waals surface area contributed by atoms with Crippen LogP contribution in [0.25, 0.3) is 0 Å². The van der Waals surface area contributed by atoms with Crippen molar-refractivity contribution in [3.63, 3.8) is 0 Å². The molecule has 0 atom stereocenters. The van der Waals surface area contributed by atoms with Crippen molar-refractivity contribution in [3.05, 3.63) is 30.3 Å². The van der Waals surface area contributed by atoms with Gasteiger partial charge in [0.25, 0.3) is 0 Å². The molecule has 3 nitrogen and oxygen atoms in total. The lowest BCUT2D eigenvalue weighted by Crippen LogP contribution is -1.87. The summed E-state index contributed by atoms with van der Waals surface area (Å²) in [5.74, 6) is -0.329. The zero-order valence-corrected chi connectivity index (χ0v) is 8.61. The van der Waals surface area contributed by atoms with Crippen LogP contribution in [0, 0.1) is 5.82 Å². The molecule has 0 amide bonds. The molecule has 2 aromatic rings. The minimum absolute atomic E-state index is 0.329. The van der Waals surface area contributed by atoms with Crippen LogP contribution in [-0.4, -0.2) is 9.36 Å². The van der Waals surface area contributed by atoms with Gasteiger partial charge in [-0.3, -0.25) is 0 Å². The highest BCUT2D eigenvalue weighted by Crippen LogP contribution is 2.30. The number of anilines is 1. The summed E-state index contributed by atoms with van der Waals surface area (Å²) in [4.78, 5) is 4.46. The minimum atomic E-state index is -0.329. The molecule has 0 aliphatic heterocycles. The Morgan fingerprint density at radius 1 is 1.43 bits per heavy atom. The quantitative estimate of drug-likeness (QED) is 0.800. The van der Waals surface area contributed by atoms with E-state index in [9.17, 15) is 4.39 Å². The molecule has 72 valence electrons. The van der Waals surface area contributed by atoms with E-state index in [-0.39, 0.29) is 5.82 Å². The average molecular weight is 227 g/mol. The molecule has 1 heterocycles. The van der Waals surface area contributed by atoms with Crippen LogP contribution in [0.5, 0.6) is 0 Å². The van der Waals surface area contributed by atoms with Crippen molar-refractivity contribution in [1.82, 2.24) is 9.36 Å². The third-order valence-electron chi connectivity index (χ3n) is 1.49. The largest absolute Gasteiger partial charge is 0.399 e. The first-order valence-electron chi connectivity index (χ1n) is 3.75. The lowest BCUT2D eigenvalue weighted by atomic mass is 10.3. The number of hydrogen-bond donors (Lipinski definition) is 1. The SMILES string of the molecule is Nc1ccc(Sc2ncns2)c(F)c1. The monoisotopic (exact) mass is 227 g/mol. The highest BCUT2D eigenvalue weighted by molar-refractivity contribution is 8.01. The molecule has 0 unspecified atom stereocenters. The molecule has 1 aromatic carbocycles. The first-order chi connectivity index (χ1) is 6.75. The predicted molar refractivity (Wildman–Crippen MR) is 54.8 cm³/mol. The van der Waals surface area contributed by atoms with Crippen LogP contribution in [0.3, 0.4) is 0 Å². The molecule has 0 radical (unpaired) electrons. The summed E-state index contributed by atoms with van der Waals surface area (Å²) in [7, 11) is 0. The number of nitrogens with two attached hydrogens (primary N) is 1. The molecular formula is C8H6FN3S2. The highest BCUT2D eigenvalue weighted by Gasteiger charge is 2.06. The van der Waals surface area contributed by atoms with Gasteiger partial charge in [0, 0.05) is 5.69 Å². The maximum absolute atomic E-state index is 13.3. The fraction of sp³-hybridized carbons (Fsp3) is 0. The Hall–Kier alpha value is -1.14. The number of nitrogen functional groups attached to an aromatic ring is 1. The molecule has 14 heavy (non-hydrogen) atoms. The topological polar surface area (TPSA) is 51.8 Å². The first kappa shape index (κ1) is 9.42. The molecule has 0 aliphatic rings. The number of nitrogens with zero attached hydrogens (tertiary/aromatic N) is 2. The molecule has 0 saturated carbocycles. The highest BCUT2D eigenvalue weighted by atomic mass is 32.2. The molecule has 2 N–H and O–H groups in total. The summed E-state index contributed by atoms with van der Waals surface area (Å²) in [6, 6.07) is 4.59. The van der Waals surface area contributed by atoms with Gasteiger partial charge in [0.2, 0.25) is 0 Å². The van der Waals surface area contributed by atoms with Gasteiger partial charge in [-0.05, 0) is 29.7 Å². The lowest BCUT2D eigenvalue weighted by molar-refractivity contribution is 0.603. The van der Waals surface area contributed by atoms with Crippen molar-refractivity contribution < 1.29 is 4.39 Å². The normalized spacial score (nSPS) is 10.4. The van der Waals surface area contributed by atoms with Crippen molar-refractivity contribution in [3.8, 4) is 0 Å². The van der Waals surface area contributed by atoms with Gasteiger partial charge < -0.3 is 5.73 Å². The van der Waals surface area contributed by atoms with Gasteiger partial charge in [0.05, 0.1) is 4.90 Å². The first-order valence-corrected chi connectivity index (χ1v) is 5.34.